The molecule has 0 aliphatic carbocycles. The molecule has 1 aliphatic heterocycles. The van der Waals surface area contributed by atoms with Crippen LogP contribution < -0.4 is 0 Å². The summed E-state index contributed by atoms with van der Waals surface area (Å²) >= 11 is 5.85. The highest BCUT2D eigenvalue weighted by Gasteiger charge is 2.30. The van der Waals surface area contributed by atoms with Crippen LogP contribution in [0.3, 0.4) is 0 Å². The van der Waals surface area contributed by atoms with Gasteiger partial charge in [-0.25, -0.2) is 0 Å². The molecular weight excluding hydrogens is 124 g/mol. The van der Waals surface area contributed by atoms with Crippen molar-refractivity contribution >= 4 is 11.6 Å². The molecule has 0 aromatic carbocycles. The topological polar surface area (TPSA) is 12.5 Å². The van der Waals surface area contributed by atoms with E-state index in [1.165, 1.54) is 0 Å². The predicted octanol–water partition coefficient (Wildman–Crippen LogP) is 1.79. The van der Waals surface area contributed by atoms with Gasteiger partial charge in [0.1, 0.15) is 0 Å². The molecule has 0 amide bonds. The SMILES string of the molecule is CCCC(Cl)C1CO1. The van der Waals surface area contributed by atoms with E-state index in [1.807, 2.05) is 0 Å². The van der Waals surface area contributed by atoms with Crippen LogP contribution in [0.2, 0.25) is 0 Å². The lowest BCUT2D eigenvalue weighted by Crippen LogP contribution is -2.05. The smallest absolute Gasteiger partial charge is 0.0972 e. The number of halogens is 1. The molecule has 8 heavy (non-hydrogen) atoms. The summed E-state index contributed by atoms with van der Waals surface area (Å²) in [4.78, 5) is 0. The summed E-state index contributed by atoms with van der Waals surface area (Å²) in [5, 5.41) is 0.278. The lowest BCUT2D eigenvalue weighted by Gasteiger charge is -1.99. The summed E-state index contributed by atoms with van der Waals surface area (Å²) < 4.78 is 4.99. The Labute approximate surface area is 55.0 Å². The van der Waals surface area contributed by atoms with Crippen molar-refractivity contribution in [1.29, 1.82) is 0 Å². The highest BCUT2D eigenvalue weighted by atomic mass is 35.5. The average molecular weight is 135 g/mol. The van der Waals surface area contributed by atoms with Gasteiger partial charge in [0.15, 0.2) is 0 Å². The summed E-state index contributed by atoms with van der Waals surface area (Å²) in [6, 6.07) is 0. The number of rotatable bonds is 3. The maximum absolute atomic E-state index is 5.85. The zero-order valence-electron chi connectivity index (χ0n) is 5.06. The van der Waals surface area contributed by atoms with Gasteiger partial charge in [0.05, 0.1) is 18.1 Å². The van der Waals surface area contributed by atoms with Crippen LogP contribution in [-0.2, 0) is 4.74 Å². The van der Waals surface area contributed by atoms with Crippen molar-refractivity contribution in [2.75, 3.05) is 6.61 Å². The molecule has 1 rings (SSSR count). The molecule has 0 aromatic rings. The largest absolute Gasteiger partial charge is 0.372 e. The molecular formula is C6H11ClO. The van der Waals surface area contributed by atoms with E-state index in [4.69, 9.17) is 16.3 Å². The Morgan fingerprint density at radius 1 is 1.88 bits per heavy atom. The molecule has 0 radical (unpaired) electrons. The predicted molar refractivity (Wildman–Crippen MR) is 34.3 cm³/mol. The molecule has 48 valence electrons. The normalized spacial score (nSPS) is 30.0. The molecule has 1 fully saturated rings. The molecule has 2 heteroatoms. The van der Waals surface area contributed by atoms with Crippen molar-refractivity contribution in [2.24, 2.45) is 0 Å². The Morgan fingerprint density at radius 2 is 2.50 bits per heavy atom. The minimum Gasteiger partial charge on any atom is -0.372 e. The quantitative estimate of drug-likeness (QED) is 0.424. The first-order chi connectivity index (χ1) is 3.84. The van der Waals surface area contributed by atoms with Gasteiger partial charge >= 0.3 is 0 Å². The van der Waals surface area contributed by atoms with Crippen LogP contribution in [0, 0.1) is 0 Å². The summed E-state index contributed by atoms with van der Waals surface area (Å²) in [6.07, 6.45) is 2.64. The van der Waals surface area contributed by atoms with Gasteiger partial charge in [-0.1, -0.05) is 13.3 Å². The minimum absolute atomic E-state index is 0.278. The Morgan fingerprint density at radius 3 is 2.88 bits per heavy atom. The molecule has 1 heterocycles. The minimum atomic E-state index is 0.278. The van der Waals surface area contributed by atoms with Crippen molar-refractivity contribution < 1.29 is 4.74 Å². The average Bonchev–Trinajstić information content (AvgIpc) is 2.45. The van der Waals surface area contributed by atoms with E-state index in [1.54, 1.807) is 0 Å². The lowest BCUT2D eigenvalue weighted by molar-refractivity contribution is 0.394. The molecule has 0 N–H and O–H groups in total. The first-order valence-corrected chi connectivity index (χ1v) is 3.54. The zero-order chi connectivity index (χ0) is 5.98. The fraction of sp³-hybridized carbons (Fsp3) is 1.00. The number of alkyl halides is 1. The van der Waals surface area contributed by atoms with Crippen molar-refractivity contribution in [3.05, 3.63) is 0 Å². The van der Waals surface area contributed by atoms with E-state index in [0.717, 1.165) is 19.4 Å². The number of hydrogen-bond acceptors (Lipinski definition) is 1. The second-order valence-corrected chi connectivity index (χ2v) is 2.74. The van der Waals surface area contributed by atoms with Crippen molar-refractivity contribution in [2.45, 2.75) is 31.2 Å². The van der Waals surface area contributed by atoms with Crippen LogP contribution in [0.4, 0.5) is 0 Å². The molecule has 2 unspecified atom stereocenters. The zero-order valence-corrected chi connectivity index (χ0v) is 5.82. The van der Waals surface area contributed by atoms with E-state index in [2.05, 4.69) is 6.92 Å². The molecule has 1 saturated heterocycles. The Hall–Kier alpha value is 0.250. The van der Waals surface area contributed by atoms with Crippen molar-refractivity contribution in [3.63, 3.8) is 0 Å². The van der Waals surface area contributed by atoms with E-state index < -0.39 is 0 Å². The van der Waals surface area contributed by atoms with Crippen LogP contribution in [-0.4, -0.2) is 18.1 Å². The van der Waals surface area contributed by atoms with E-state index in [9.17, 15) is 0 Å². The molecule has 0 aromatic heterocycles. The van der Waals surface area contributed by atoms with Crippen molar-refractivity contribution in [3.8, 4) is 0 Å². The summed E-state index contributed by atoms with van der Waals surface area (Å²) in [6.45, 7) is 3.02. The van der Waals surface area contributed by atoms with Crippen LogP contribution in [0.15, 0.2) is 0 Å². The number of epoxide rings is 1. The Balaban J connectivity index is 2.03. The Kier molecular flexibility index (Phi) is 2.15. The van der Waals surface area contributed by atoms with Gasteiger partial charge < -0.3 is 4.74 Å². The summed E-state index contributed by atoms with van der Waals surface area (Å²) in [5.41, 5.74) is 0. The van der Waals surface area contributed by atoms with Crippen molar-refractivity contribution in [1.82, 2.24) is 0 Å². The van der Waals surface area contributed by atoms with Gasteiger partial charge in [-0.2, -0.15) is 0 Å². The standard InChI is InChI=1S/C6H11ClO/c1-2-3-5(7)6-4-8-6/h5-6H,2-4H2,1H3. The molecule has 1 nitrogen and oxygen atoms in total. The number of hydrogen-bond donors (Lipinski definition) is 0. The molecule has 0 saturated carbocycles. The summed E-state index contributed by atoms with van der Waals surface area (Å²) in [5.74, 6) is 0. The van der Waals surface area contributed by atoms with Crippen LogP contribution in [0.25, 0.3) is 0 Å². The third-order valence-electron chi connectivity index (χ3n) is 1.33. The van der Waals surface area contributed by atoms with E-state index >= 15 is 0 Å². The first kappa shape index (κ1) is 6.37. The highest BCUT2D eigenvalue weighted by Crippen LogP contribution is 2.22. The number of ether oxygens (including phenoxy) is 1. The molecule has 1 aliphatic rings. The first-order valence-electron chi connectivity index (χ1n) is 3.10. The fourth-order valence-electron chi connectivity index (χ4n) is 0.726. The fourth-order valence-corrected chi connectivity index (χ4v) is 1.09. The molecule has 2 atom stereocenters. The van der Waals surface area contributed by atoms with Crippen LogP contribution in [0.1, 0.15) is 19.8 Å². The molecule has 0 spiro atoms. The van der Waals surface area contributed by atoms with E-state index in [0.29, 0.717) is 6.10 Å². The monoisotopic (exact) mass is 134 g/mol. The van der Waals surface area contributed by atoms with E-state index in [-0.39, 0.29) is 5.38 Å². The Bertz CT molecular complexity index is 70.9. The summed E-state index contributed by atoms with van der Waals surface area (Å²) in [7, 11) is 0. The second-order valence-electron chi connectivity index (χ2n) is 2.18. The third-order valence-corrected chi connectivity index (χ3v) is 1.83. The van der Waals surface area contributed by atoms with Gasteiger partial charge in [0, 0.05) is 0 Å². The maximum Gasteiger partial charge on any atom is 0.0972 e. The van der Waals surface area contributed by atoms with Gasteiger partial charge in [-0.3, -0.25) is 0 Å². The highest BCUT2D eigenvalue weighted by molar-refractivity contribution is 6.21. The second kappa shape index (κ2) is 2.70. The maximum atomic E-state index is 5.85. The van der Waals surface area contributed by atoms with Gasteiger partial charge in [0.2, 0.25) is 0 Å². The lowest BCUT2D eigenvalue weighted by atomic mass is 10.2. The third kappa shape index (κ3) is 1.64. The molecule has 0 bridgehead atoms. The van der Waals surface area contributed by atoms with Crippen LogP contribution >= 0.6 is 11.6 Å². The van der Waals surface area contributed by atoms with Gasteiger partial charge in [-0.05, 0) is 6.42 Å². The van der Waals surface area contributed by atoms with Gasteiger partial charge in [0.25, 0.3) is 0 Å². The van der Waals surface area contributed by atoms with Crippen LogP contribution in [0.5, 0.6) is 0 Å². The van der Waals surface area contributed by atoms with Gasteiger partial charge in [-0.15, -0.1) is 11.6 Å².